The first-order valence-corrected chi connectivity index (χ1v) is 14.0. The van der Waals surface area contributed by atoms with E-state index in [-0.39, 0.29) is 5.84 Å². The quantitative estimate of drug-likeness (QED) is 0.104. The fraction of sp³-hybridized carbons (Fsp3) is 0.448. The van der Waals surface area contributed by atoms with Crippen molar-refractivity contribution in [3.8, 4) is 22.8 Å². The van der Waals surface area contributed by atoms with Gasteiger partial charge in [-0.25, -0.2) is 4.98 Å². The highest BCUT2D eigenvalue weighted by Crippen LogP contribution is 2.42. The Bertz CT molecular complexity index is 1120. The van der Waals surface area contributed by atoms with Crippen molar-refractivity contribution in [2.45, 2.75) is 57.3 Å². The molecule has 198 valence electrons. The van der Waals surface area contributed by atoms with Gasteiger partial charge in [-0.2, -0.15) is 0 Å². The van der Waals surface area contributed by atoms with Crippen molar-refractivity contribution in [3.05, 3.63) is 59.1 Å². The molecular formula is C29H38N4O3S. The lowest BCUT2D eigenvalue weighted by Gasteiger charge is -2.18. The first-order chi connectivity index (χ1) is 18.0. The smallest absolute Gasteiger partial charge is 0.149 e. The van der Waals surface area contributed by atoms with Gasteiger partial charge < -0.3 is 14.4 Å². The van der Waals surface area contributed by atoms with E-state index in [1.54, 1.807) is 24.3 Å². The molecule has 7 nitrogen and oxygen atoms in total. The summed E-state index contributed by atoms with van der Waals surface area (Å²) in [7, 11) is 4.20. The van der Waals surface area contributed by atoms with Crippen molar-refractivity contribution < 1.29 is 14.7 Å². The monoisotopic (exact) mass is 522 g/mol. The lowest BCUT2D eigenvalue weighted by Crippen LogP contribution is -2.18. The third-order valence-corrected chi connectivity index (χ3v) is 8.08. The Morgan fingerprint density at radius 1 is 0.946 bits per heavy atom. The van der Waals surface area contributed by atoms with Gasteiger partial charge in [-0.15, -0.1) is 11.3 Å². The third kappa shape index (κ3) is 7.46. The first kappa shape index (κ1) is 26.9. The summed E-state index contributed by atoms with van der Waals surface area (Å²) in [4.78, 5) is 7.28. The van der Waals surface area contributed by atoms with E-state index in [2.05, 4.69) is 31.1 Å². The normalized spacial score (nSPS) is 13.8. The summed E-state index contributed by atoms with van der Waals surface area (Å²) in [6.07, 6.45) is 9.45. The van der Waals surface area contributed by atoms with Gasteiger partial charge >= 0.3 is 0 Å². The van der Waals surface area contributed by atoms with Crippen LogP contribution in [0.3, 0.4) is 0 Å². The summed E-state index contributed by atoms with van der Waals surface area (Å²) in [5, 5.41) is 18.8. The maximum Gasteiger partial charge on any atom is 0.149 e. The molecule has 0 aliphatic heterocycles. The van der Waals surface area contributed by atoms with Crippen molar-refractivity contribution >= 4 is 22.2 Å². The van der Waals surface area contributed by atoms with Crippen LogP contribution in [0.5, 0.6) is 11.5 Å². The van der Waals surface area contributed by atoms with E-state index in [0.717, 1.165) is 42.0 Å². The number of unbranched alkanes of at least 4 members (excludes halogenated alkanes) is 2. The molecule has 1 fully saturated rings. The second-order valence-corrected chi connectivity index (χ2v) is 10.7. The third-order valence-electron chi connectivity index (χ3n) is 6.70. The van der Waals surface area contributed by atoms with Crippen molar-refractivity contribution in [3.63, 3.8) is 0 Å². The van der Waals surface area contributed by atoms with Gasteiger partial charge in [0.25, 0.3) is 0 Å². The molecule has 1 aliphatic carbocycles. The van der Waals surface area contributed by atoms with Gasteiger partial charge in [0.15, 0.2) is 0 Å². The number of aromatic nitrogens is 1. The zero-order valence-electron chi connectivity index (χ0n) is 21.8. The molecule has 2 aromatic carbocycles. The molecule has 0 saturated heterocycles. The summed E-state index contributed by atoms with van der Waals surface area (Å²) in [5.74, 6) is 2.22. The van der Waals surface area contributed by atoms with E-state index in [0.29, 0.717) is 24.7 Å². The first-order valence-electron chi connectivity index (χ1n) is 13.2. The molecule has 4 rings (SSSR count). The van der Waals surface area contributed by atoms with Crippen LogP contribution >= 0.6 is 11.3 Å². The number of anilines is 1. The highest BCUT2D eigenvalue weighted by Gasteiger charge is 2.23. The van der Waals surface area contributed by atoms with Crippen LogP contribution in [0.4, 0.5) is 5.00 Å². The number of hydrogen-bond donors (Lipinski definition) is 3. The van der Waals surface area contributed by atoms with E-state index in [4.69, 9.17) is 25.1 Å². The molecule has 1 saturated carbocycles. The van der Waals surface area contributed by atoms with Crippen molar-refractivity contribution in [2.24, 2.45) is 0 Å². The van der Waals surface area contributed by atoms with Crippen molar-refractivity contribution in [1.82, 2.24) is 10.5 Å². The molecule has 0 spiro atoms. The van der Waals surface area contributed by atoms with Gasteiger partial charge in [0.05, 0.1) is 18.2 Å². The summed E-state index contributed by atoms with van der Waals surface area (Å²) in [6, 6.07) is 15.4. The van der Waals surface area contributed by atoms with Gasteiger partial charge in [-0.05, 0) is 80.6 Å². The Labute approximate surface area is 223 Å². The summed E-state index contributed by atoms with van der Waals surface area (Å²) in [5.41, 5.74) is 4.67. The van der Waals surface area contributed by atoms with E-state index in [1.165, 1.54) is 42.1 Å². The van der Waals surface area contributed by atoms with Gasteiger partial charge in [-0.3, -0.25) is 16.1 Å². The van der Waals surface area contributed by atoms with Crippen LogP contribution in [0.15, 0.2) is 48.5 Å². The van der Waals surface area contributed by atoms with Crippen LogP contribution < -0.4 is 19.9 Å². The predicted molar refractivity (Wildman–Crippen MR) is 151 cm³/mol. The van der Waals surface area contributed by atoms with Gasteiger partial charge in [0.2, 0.25) is 0 Å². The highest BCUT2D eigenvalue weighted by atomic mass is 32.1. The Kier molecular flexibility index (Phi) is 9.79. The Hall–Kier alpha value is -3.10. The molecule has 0 amide bonds. The van der Waals surface area contributed by atoms with Crippen LogP contribution in [0.1, 0.15) is 67.9 Å². The van der Waals surface area contributed by atoms with E-state index < -0.39 is 0 Å². The zero-order valence-corrected chi connectivity index (χ0v) is 22.7. The van der Waals surface area contributed by atoms with Gasteiger partial charge in [-0.1, -0.05) is 19.3 Å². The minimum atomic E-state index is -0.0357. The summed E-state index contributed by atoms with van der Waals surface area (Å²) in [6.45, 7) is 1.31. The minimum Gasteiger partial charge on any atom is -0.494 e. The SMILES string of the molecule is CN(C)c1sc(C2CCCCC2)nc1-c1ccc(OCCCCCOc2ccc(C(=N)NO)cc2)cc1. The number of amidine groups is 1. The molecule has 1 heterocycles. The number of benzene rings is 2. The lowest BCUT2D eigenvalue weighted by atomic mass is 9.90. The average Bonchev–Trinajstić information content (AvgIpc) is 3.39. The maximum absolute atomic E-state index is 8.78. The molecule has 0 bridgehead atoms. The molecule has 0 unspecified atom stereocenters. The number of nitrogens with zero attached hydrogens (tertiary/aromatic N) is 2. The summed E-state index contributed by atoms with van der Waals surface area (Å²) < 4.78 is 11.7. The molecule has 0 radical (unpaired) electrons. The lowest BCUT2D eigenvalue weighted by molar-refractivity contribution is 0.234. The predicted octanol–water partition coefficient (Wildman–Crippen LogP) is 6.86. The van der Waals surface area contributed by atoms with E-state index >= 15 is 0 Å². The Morgan fingerprint density at radius 2 is 1.54 bits per heavy atom. The van der Waals surface area contributed by atoms with E-state index in [1.807, 2.05) is 28.9 Å². The average molecular weight is 523 g/mol. The Morgan fingerprint density at radius 3 is 2.11 bits per heavy atom. The highest BCUT2D eigenvalue weighted by molar-refractivity contribution is 7.16. The fourth-order valence-electron chi connectivity index (χ4n) is 4.60. The minimum absolute atomic E-state index is 0.0357. The second-order valence-electron chi connectivity index (χ2n) is 9.73. The van der Waals surface area contributed by atoms with E-state index in [9.17, 15) is 0 Å². The number of hydroxylamine groups is 1. The molecule has 1 aromatic heterocycles. The number of hydrogen-bond acceptors (Lipinski definition) is 7. The molecule has 8 heteroatoms. The number of thiazole rings is 1. The molecule has 3 aromatic rings. The van der Waals surface area contributed by atoms with Gasteiger partial charge in [0.1, 0.15) is 28.0 Å². The zero-order chi connectivity index (χ0) is 26.0. The van der Waals surface area contributed by atoms with Crippen LogP contribution in [-0.4, -0.2) is 43.3 Å². The van der Waals surface area contributed by atoms with Crippen LogP contribution in [0.2, 0.25) is 0 Å². The molecule has 3 N–H and O–H groups in total. The fourth-order valence-corrected chi connectivity index (χ4v) is 5.78. The molecule has 37 heavy (non-hydrogen) atoms. The maximum atomic E-state index is 8.78. The molecular weight excluding hydrogens is 484 g/mol. The summed E-state index contributed by atoms with van der Waals surface area (Å²) >= 11 is 1.85. The topological polar surface area (TPSA) is 90.7 Å². The Balaban J connectivity index is 1.20. The number of nitrogens with one attached hydrogen (secondary N) is 2. The van der Waals surface area contributed by atoms with Crippen LogP contribution in [0.25, 0.3) is 11.3 Å². The molecule has 0 atom stereocenters. The van der Waals surface area contributed by atoms with Crippen molar-refractivity contribution in [2.75, 3.05) is 32.2 Å². The van der Waals surface area contributed by atoms with Crippen LogP contribution in [-0.2, 0) is 0 Å². The standard InChI is InChI=1S/C29H38N4O3S/c1-33(2)29-26(31-28(37-29)23-9-5-3-6-10-23)21-11-15-24(16-12-21)35-19-7-4-8-20-36-25-17-13-22(14-18-25)27(30)32-34/h11-18,23,34H,3-10,19-20H2,1-2H3,(H2,30,32). The van der Waals surface area contributed by atoms with Crippen molar-refractivity contribution in [1.29, 1.82) is 5.41 Å². The number of rotatable bonds is 12. The molecule has 1 aliphatic rings. The van der Waals surface area contributed by atoms with Crippen LogP contribution in [0, 0.1) is 5.41 Å². The second kappa shape index (κ2) is 13.4. The largest absolute Gasteiger partial charge is 0.494 e. The number of ether oxygens (including phenoxy) is 2. The van der Waals surface area contributed by atoms with Gasteiger partial charge in [0, 0.05) is 31.1 Å².